The average molecular weight is 285 g/mol. The third-order valence-corrected chi connectivity index (χ3v) is 4.57. The van der Waals surface area contributed by atoms with E-state index in [1.165, 1.54) is 27.8 Å². The van der Waals surface area contributed by atoms with Crippen LogP contribution in [0.2, 0.25) is 0 Å². The maximum atomic E-state index is 6.30. The molecule has 0 aliphatic heterocycles. The molecule has 0 spiro atoms. The fourth-order valence-corrected chi connectivity index (χ4v) is 3.50. The highest BCUT2D eigenvalue weighted by Crippen LogP contribution is 2.22. The molecule has 2 rings (SSSR count). The van der Waals surface area contributed by atoms with Gasteiger partial charge in [-0.05, 0) is 37.5 Å². The predicted octanol–water partition coefficient (Wildman–Crippen LogP) is 4.55. The molecule has 0 fully saturated rings. The summed E-state index contributed by atoms with van der Waals surface area (Å²) >= 11 is 1.91. The van der Waals surface area contributed by atoms with E-state index < -0.39 is 0 Å². The van der Waals surface area contributed by atoms with Crippen LogP contribution in [-0.2, 0) is 5.75 Å². The Morgan fingerprint density at radius 3 is 2.30 bits per heavy atom. The van der Waals surface area contributed by atoms with Crippen molar-refractivity contribution in [1.82, 2.24) is 0 Å². The van der Waals surface area contributed by atoms with Crippen LogP contribution in [0.3, 0.4) is 0 Å². The van der Waals surface area contributed by atoms with Crippen LogP contribution in [0.15, 0.2) is 42.5 Å². The third kappa shape index (κ3) is 4.12. The summed E-state index contributed by atoms with van der Waals surface area (Å²) in [5, 5.41) is 0. The van der Waals surface area contributed by atoms with Gasteiger partial charge in [0.2, 0.25) is 0 Å². The Bertz CT molecular complexity index is 557. The van der Waals surface area contributed by atoms with Crippen molar-refractivity contribution in [3.05, 3.63) is 70.3 Å². The highest BCUT2D eigenvalue weighted by molar-refractivity contribution is 7.98. The first-order valence-corrected chi connectivity index (χ1v) is 8.18. The van der Waals surface area contributed by atoms with Crippen LogP contribution in [0.1, 0.15) is 33.9 Å². The van der Waals surface area contributed by atoms with Crippen LogP contribution in [0.25, 0.3) is 0 Å². The van der Waals surface area contributed by atoms with Gasteiger partial charge < -0.3 is 5.73 Å². The molecule has 20 heavy (non-hydrogen) atoms. The highest BCUT2D eigenvalue weighted by atomic mass is 32.2. The molecule has 0 aromatic heterocycles. The van der Waals surface area contributed by atoms with Gasteiger partial charge in [-0.15, -0.1) is 0 Å². The summed E-state index contributed by atoms with van der Waals surface area (Å²) in [6.45, 7) is 6.43. The molecular weight excluding hydrogens is 262 g/mol. The van der Waals surface area contributed by atoms with Crippen molar-refractivity contribution in [2.45, 2.75) is 32.6 Å². The summed E-state index contributed by atoms with van der Waals surface area (Å²) in [5.74, 6) is 1.99. The van der Waals surface area contributed by atoms with Crippen LogP contribution in [0, 0.1) is 20.8 Å². The average Bonchev–Trinajstić information content (AvgIpc) is 2.38. The first-order valence-electron chi connectivity index (χ1n) is 7.02. The molecule has 0 saturated carbocycles. The van der Waals surface area contributed by atoms with Gasteiger partial charge in [-0.25, -0.2) is 0 Å². The lowest BCUT2D eigenvalue weighted by molar-refractivity contribution is 0.822. The first-order chi connectivity index (χ1) is 9.56. The normalized spacial score (nSPS) is 12.4. The number of rotatable bonds is 5. The van der Waals surface area contributed by atoms with Crippen LogP contribution in [0.4, 0.5) is 0 Å². The predicted molar refractivity (Wildman–Crippen MR) is 90.2 cm³/mol. The van der Waals surface area contributed by atoms with E-state index in [1.807, 2.05) is 11.8 Å². The van der Waals surface area contributed by atoms with E-state index in [2.05, 4.69) is 63.2 Å². The molecule has 0 radical (unpaired) electrons. The Morgan fingerprint density at radius 2 is 1.65 bits per heavy atom. The Morgan fingerprint density at radius 1 is 1.00 bits per heavy atom. The quantitative estimate of drug-likeness (QED) is 0.872. The number of nitrogens with two attached hydrogens (primary N) is 1. The van der Waals surface area contributed by atoms with E-state index >= 15 is 0 Å². The lowest BCUT2D eigenvalue weighted by Gasteiger charge is -2.14. The summed E-state index contributed by atoms with van der Waals surface area (Å²) in [6, 6.07) is 15.3. The van der Waals surface area contributed by atoms with Gasteiger partial charge in [0, 0.05) is 17.5 Å². The topological polar surface area (TPSA) is 26.0 Å². The molecule has 2 heteroatoms. The number of benzene rings is 2. The third-order valence-electron chi connectivity index (χ3n) is 3.44. The van der Waals surface area contributed by atoms with Crippen LogP contribution in [-0.4, -0.2) is 5.75 Å². The van der Waals surface area contributed by atoms with Gasteiger partial charge in [0.15, 0.2) is 0 Å². The number of hydrogen-bond donors (Lipinski definition) is 1. The zero-order valence-corrected chi connectivity index (χ0v) is 13.3. The van der Waals surface area contributed by atoms with E-state index in [-0.39, 0.29) is 6.04 Å². The lowest BCUT2D eigenvalue weighted by atomic mass is 10.0. The van der Waals surface area contributed by atoms with Gasteiger partial charge in [0.05, 0.1) is 0 Å². The Labute approximate surface area is 126 Å². The first kappa shape index (κ1) is 15.1. The van der Waals surface area contributed by atoms with Gasteiger partial charge in [-0.2, -0.15) is 11.8 Å². The molecule has 2 aromatic rings. The highest BCUT2D eigenvalue weighted by Gasteiger charge is 2.08. The minimum atomic E-state index is 0.118. The molecule has 0 aliphatic rings. The molecule has 0 saturated heterocycles. The van der Waals surface area contributed by atoms with Crippen molar-refractivity contribution < 1.29 is 0 Å². The standard InChI is InChI=1S/C18H23NS/c1-13-8-14(2)10-16(9-13)11-20-12-18(19)17-7-5-4-6-15(17)3/h4-10,18H,11-12,19H2,1-3H3. The molecule has 1 atom stereocenters. The minimum absolute atomic E-state index is 0.118. The van der Waals surface area contributed by atoms with Gasteiger partial charge in [0.25, 0.3) is 0 Å². The van der Waals surface area contributed by atoms with Crippen molar-refractivity contribution >= 4 is 11.8 Å². The molecule has 2 aromatic carbocycles. The number of thioether (sulfide) groups is 1. The molecule has 1 unspecified atom stereocenters. The molecule has 106 valence electrons. The largest absolute Gasteiger partial charge is 0.323 e. The maximum Gasteiger partial charge on any atom is 0.0389 e. The molecule has 2 N–H and O–H groups in total. The second-order valence-corrected chi connectivity index (χ2v) is 6.50. The van der Waals surface area contributed by atoms with E-state index in [0.717, 1.165) is 11.5 Å². The zero-order valence-electron chi connectivity index (χ0n) is 12.5. The SMILES string of the molecule is Cc1cc(C)cc(CSCC(N)c2ccccc2C)c1. The molecule has 0 amide bonds. The molecule has 0 bridgehead atoms. The smallest absolute Gasteiger partial charge is 0.0389 e. The fourth-order valence-electron chi connectivity index (χ4n) is 2.55. The Kier molecular flexibility index (Phi) is 5.27. The van der Waals surface area contributed by atoms with Crippen LogP contribution in [0.5, 0.6) is 0 Å². The Balaban J connectivity index is 1.91. The summed E-state index contributed by atoms with van der Waals surface area (Å²) in [6.07, 6.45) is 0. The van der Waals surface area contributed by atoms with Crippen molar-refractivity contribution in [1.29, 1.82) is 0 Å². The number of hydrogen-bond acceptors (Lipinski definition) is 2. The van der Waals surface area contributed by atoms with Gasteiger partial charge in [0.1, 0.15) is 0 Å². The van der Waals surface area contributed by atoms with Gasteiger partial charge in [-0.1, -0.05) is 53.6 Å². The summed E-state index contributed by atoms with van der Waals surface area (Å²) < 4.78 is 0. The van der Waals surface area contributed by atoms with Crippen molar-refractivity contribution in [3.8, 4) is 0 Å². The lowest BCUT2D eigenvalue weighted by Crippen LogP contribution is -2.14. The van der Waals surface area contributed by atoms with Gasteiger partial charge >= 0.3 is 0 Å². The summed E-state index contributed by atoms with van der Waals surface area (Å²) in [5.41, 5.74) is 12.9. The zero-order chi connectivity index (χ0) is 14.5. The molecular formula is C18H23NS. The second kappa shape index (κ2) is 6.96. The summed E-state index contributed by atoms with van der Waals surface area (Å²) in [7, 11) is 0. The van der Waals surface area contributed by atoms with Gasteiger partial charge in [-0.3, -0.25) is 0 Å². The Hall–Kier alpha value is -1.25. The van der Waals surface area contributed by atoms with Crippen molar-refractivity contribution in [2.75, 3.05) is 5.75 Å². The fraction of sp³-hybridized carbons (Fsp3) is 0.333. The van der Waals surface area contributed by atoms with Crippen LogP contribution < -0.4 is 5.73 Å². The molecule has 0 heterocycles. The van der Waals surface area contributed by atoms with E-state index in [4.69, 9.17) is 5.73 Å². The monoisotopic (exact) mass is 285 g/mol. The second-order valence-electron chi connectivity index (χ2n) is 5.47. The van der Waals surface area contributed by atoms with Crippen molar-refractivity contribution in [3.63, 3.8) is 0 Å². The van der Waals surface area contributed by atoms with Crippen LogP contribution >= 0.6 is 11.8 Å². The summed E-state index contributed by atoms with van der Waals surface area (Å²) in [4.78, 5) is 0. The molecule has 0 aliphatic carbocycles. The van der Waals surface area contributed by atoms with E-state index in [0.29, 0.717) is 0 Å². The minimum Gasteiger partial charge on any atom is -0.323 e. The van der Waals surface area contributed by atoms with Crippen molar-refractivity contribution in [2.24, 2.45) is 5.73 Å². The molecule has 1 nitrogen and oxygen atoms in total. The van der Waals surface area contributed by atoms with E-state index in [1.54, 1.807) is 0 Å². The maximum absolute atomic E-state index is 6.30. The van der Waals surface area contributed by atoms with E-state index in [9.17, 15) is 0 Å². The number of aryl methyl sites for hydroxylation is 3.